The molecule has 0 aliphatic heterocycles. The highest BCUT2D eigenvalue weighted by Gasteiger charge is 2.29. The molecule has 4 heteroatoms. The normalized spacial score (nSPS) is 15.4. The van der Waals surface area contributed by atoms with Gasteiger partial charge in [0, 0.05) is 22.1 Å². The van der Waals surface area contributed by atoms with Crippen LogP contribution in [0.1, 0.15) is 26.3 Å². The molecule has 0 spiro atoms. The third-order valence-corrected chi connectivity index (χ3v) is 4.76. The van der Waals surface area contributed by atoms with Crippen molar-refractivity contribution in [1.29, 1.82) is 0 Å². The number of hydrogen-bond donors (Lipinski definition) is 0. The Morgan fingerprint density at radius 2 is 1.48 bits per heavy atom. The topological polar surface area (TPSA) is 51.2 Å². The lowest BCUT2D eigenvalue weighted by atomic mass is 9.95. The second-order valence-electron chi connectivity index (χ2n) is 4.83. The van der Waals surface area contributed by atoms with Gasteiger partial charge in [-0.25, -0.2) is 4.21 Å². The quantitative estimate of drug-likeness (QED) is 0.856. The summed E-state index contributed by atoms with van der Waals surface area (Å²) in [7, 11) is -1.65. The summed E-state index contributed by atoms with van der Waals surface area (Å²) in [6, 6.07) is 13.7. The van der Waals surface area contributed by atoms with E-state index in [0.717, 1.165) is 5.56 Å². The van der Waals surface area contributed by atoms with Crippen LogP contribution in [0.5, 0.6) is 0 Å². The Hall–Kier alpha value is -2.33. The molecule has 2 aromatic rings. The summed E-state index contributed by atoms with van der Waals surface area (Å²) in [5, 5.41) is 0. The SMILES string of the molecule is Cc1ccc(S(=O)C2=CC(=O)c3ccccc3C2=O)cc1. The van der Waals surface area contributed by atoms with Crippen LogP contribution in [0.2, 0.25) is 0 Å². The number of aryl methyl sites for hydroxylation is 1. The molecule has 0 radical (unpaired) electrons. The van der Waals surface area contributed by atoms with Gasteiger partial charge in [-0.1, -0.05) is 42.0 Å². The number of fused-ring (bicyclic) bond motifs is 1. The summed E-state index contributed by atoms with van der Waals surface area (Å²) in [5.74, 6) is -0.621. The number of Topliss-reactive ketones (excluding diaryl/α,β-unsaturated/α-hetero) is 1. The van der Waals surface area contributed by atoms with E-state index in [1.54, 1.807) is 36.4 Å². The summed E-state index contributed by atoms with van der Waals surface area (Å²) >= 11 is 0. The molecule has 1 atom stereocenters. The molecule has 1 unspecified atom stereocenters. The Morgan fingerprint density at radius 3 is 2.14 bits per heavy atom. The van der Waals surface area contributed by atoms with E-state index in [1.165, 1.54) is 6.08 Å². The van der Waals surface area contributed by atoms with Crippen LogP contribution in [0, 0.1) is 6.92 Å². The van der Waals surface area contributed by atoms with Crippen molar-refractivity contribution < 1.29 is 13.8 Å². The molecule has 104 valence electrons. The maximum atomic E-state index is 12.5. The third-order valence-electron chi connectivity index (χ3n) is 3.36. The summed E-state index contributed by atoms with van der Waals surface area (Å²) in [6.45, 7) is 1.93. The van der Waals surface area contributed by atoms with Crippen molar-refractivity contribution in [2.45, 2.75) is 11.8 Å². The minimum Gasteiger partial charge on any atom is -0.289 e. The molecule has 21 heavy (non-hydrogen) atoms. The van der Waals surface area contributed by atoms with Crippen molar-refractivity contribution in [2.75, 3.05) is 0 Å². The fourth-order valence-corrected chi connectivity index (χ4v) is 3.35. The summed E-state index contributed by atoms with van der Waals surface area (Å²) in [6.07, 6.45) is 1.20. The maximum Gasteiger partial charge on any atom is 0.203 e. The zero-order valence-electron chi connectivity index (χ0n) is 11.3. The van der Waals surface area contributed by atoms with E-state index in [2.05, 4.69) is 0 Å². The van der Waals surface area contributed by atoms with E-state index in [1.807, 2.05) is 19.1 Å². The van der Waals surface area contributed by atoms with E-state index in [9.17, 15) is 13.8 Å². The van der Waals surface area contributed by atoms with Crippen molar-refractivity contribution in [3.63, 3.8) is 0 Å². The third kappa shape index (κ3) is 2.38. The molecular formula is C17H12O3S. The molecule has 3 nitrogen and oxygen atoms in total. The molecule has 0 saturated carbocycles. The highest BCUT2D eigenvalue weighted by Crippen LogP contribution is 2.26. The molecule has 0 saturated heterocycles. The molecule has 0 amide bonds. The Balaban J connectivity index is 2.04. The van der Waals surface area contributed by atoms with Crippen LogP contribution < -0.4 is 0 Å². The van der Waals surface area contributed by atoms with Crippen molar-refractivity contribution in [1.82, 2.24) is 0 Å². The van der Waals surface area contributed by atoms with Crippen LogP contribution >= 0.6 is 0 Å². The molecule has 0 fully saturated rings. The zero-order chi connectivity index (χ0) is 15.0. The van der Waals surface area contributed by atoms with Gasteiger partial charge in [0.25, 0.3) is 0 Å². The number of carbonyl (C=O) groups is 2. The minimum absolute atomic E-state index is 0.0440. The zero-order valence-corrected chi connectivity index (χ0v) is 12.1. The predicted molar refractivity (Wildman–Crippen MR) is 80.8 cm³/mol. The van der Waals surface area contributed by atoms with Crippen molar-refractivity contribution in [3.8, 4) is 0 Å². The average Bonchev–Trinajstić information content (AvgIpc) is 2.51. The smallest absolute Gasteiger partial charge is 0.203 e. The number of allylic oxidation sites excluding steroid dienone is 2. The second kappa shape index (κ2) is 5.22. The van der Waals surface area contributed by atoms with E-state index in [0.29, 0.717) is 16.0 Å². The van der Waals surface area contributed by atoms with E-state index in [-0.39, 0.29) is 16.5 Å². The number of ketones is 2. The van der Waals surface area contributed by atoms with Crippen LogP contribution in [0.4, 0.5) is 0 Å². The summed E-state index contributed by atoms with van der Waals surface area (Å²) in [4.78, 5) is 25.1. The van der Waals surface area contributed by atoms with Crippen molar-refractivity contribution in [3.05, 3.63) is 76.2 Å². The van der Waals surface area contributed by atoms with Crippen LogP contribution in [-0.4, -0.2) is 15.8 Å². The van der Waals surface area contributed by atoms with Gasteiger partial charge in [0.1, 0.15) is 0 Å². The first kappa shape index (κ1) is 13.6. The number of benzene rings is 2. The fraction of sp³-hybridized carbons (Fsp3) is 0.0588. The maximum absolute atomic E-state index is 12.5. The fourth-order valence-electron chi connectivity index (χ4n) is 2.22. The second-order valence-corrected chi connectivity index (χ2v) is 6.28. The lowest BCUT2D eigenvalue weighted by molar-refractivity contribution is 0.0990. The number of rotatable bonds is 2. The van der Waals surface area contributed by atoms with Crippen LogP contribution in [0.3, 0.4) is 0 Å². The monoisotopic (exact) mass is 296 g/mol. The highest BCUT2D eigenvalue weighted by molar-refractivity contribution is 7.90. The first-order valence-corrected chi connectivity index (χ1v) is 7.61. The van der Waals surface area contributed by atoms with Gasteiger partial charge >= 0.3 is 0 Å². The number of carbonyl (C=O) groups excluding carboxylic acids is 2. The van der Waals surface area contributed by atoms with Crippen LogP contribution in [0.25, 0.3) is 0 Å². The van der Waals surface area contributed by atoms with Crippen LogP contribution in [0.15, 0.2) is 64.4 Å². The molecule has 3 rings (SSSR count). The lowest BCUT2D eigenvalue weighted by Gasteiger charge is -2.14. The Morgan fingerprint density at radius 1 is 0.857 bits per heavy atom. The molecular weight excluding hydrogens is 284 g/mol. The van der Waals surface area contributed by atoms with Gasteiger partial charge in [-0.15, -0.1) is 0 Å². The molecule has 0 heterocycles. The van der Waals surface area contributed by atoms with Gasteiger partial charge in [-0.3, -0.25) is 9.59 Å². The minimum atomic E-state index is -1.65. The standard InChI is InChI=1S/C17H12O3S/c1-11-6-8-12(9-7-11)21(20)16-10-15(18)13-4-2-3-5-14(13)17(16)19/h2-10H,1H3. The van der Waals surface area contributed by atoms with E-state index in [4.69, 9.17) is 0 Å². The molecule has 0 bridgehead atoms. The van der Waals surface area contributed by atoms with Gasteiger partial charge < -0.3 is 0 Å². The molecule has 2 aromatic carbocycles. The van der Waals surface area contributed by atoms with Gasteiger partial charge in [0.2, 0.25) is 5.78 Å². The molecule has 0 N–H and O–H groups in total. The van der Waals surface area contributed by atoms with E-state index >= 15 is 0 Å². The van der Waals surface area contributed by atoms with Crippen molar-refractivity contribution in [2.24, 2.45) is 0 Å². The number of hydrogen-bond acceptors (Lipinski definition) is 3. The first-order valence-electron chi connectivity index (χ1n) is 6.46. The summed E-state index contributed by atoms with van der Waals surface area (Å²) < 4.78 is 12.5. The average molecular weight is 296 g/mol. The van der Waals surface area contributed by atoms with Gasteiger partial charge in [-0.05, 0) is 19.1 Å². The van der Waals surface area contributed by atoms with E-state index < -0.39 is 10.8 Å². The highest BCUT2D eigenvalue weighted by atomic mass is 32.2. The Kier molecular flexibility index (Phi) is 3.39. The Bertz CT molecular complexity index is 801. The molecule has 1 aliphatic carbocycles. The van der Waals surface area contributed by atoms with Gasteiger partial charge in [0.05, 0.1) is 15.7 Å². The van der Waals surface area contributed by atoms with Crippen LogP contribution in [-0.2, 0) is 10.8 Å². The predicted octanol–water partition coefficient (Wildman–Crippen LogP) is 3.07. The largest absolute Gasteiger partial charge is 0.289 e. The van der Waals surface area contributed by atoms with Gasteiger partial charge in [-0.2, -0.15) is 0 Å². The Labute approximate surface area is 124 Å². The summed E-state index contributed by atoms with van der Waals surface area (Å²) in [5.41, 5.74) is 1.73. The van der Waals surface area contributed by atoms with Crippen molar-refractivity contribution >= 4 is 22.4 Å². The molecule has 0 aromatic heterocycles. The van der Waals surface area contributed by atoms with Gasteiger partial charge in [0.15, 0.2) is 5.78 Å². The first-order chi connectivity index (χ1) is 10.1. The lowest BCUT2D eigenvalue weighted by Crippen LogP contribution is -2.19. The molecule has 1 aliphatic rings.